The number of anilines is 2. The van der Waals surface area contributed by atoms with Gasteiger partial charge in [0.25, 0.3) is 11.8 Å². The number of nitrogens with zero attached hydrogens (tertiary/aromatic N) is 3. The summed E-state index contributed by atoms with van der Waals surface area (Å²) in [4.78, 5) is 25.4. The van der Waals surface area contributed by atoms with E-state index in [0.29, 0.717) is 42.4 Å². The number of hydrogen-bond donors (Lipinski definition) is 3. The molecule has 0 radical (unpaired) electrons. The quantitative estimate of drug-likeness (QED) is 0.430. The van der Waals surface area contributed by atoms with E-state index in [1.165, 1.54) is 10.9 Å². The molecule has 0 aliphatic carbocycles. The van der Waals surface area contributed by atoms with Crippen LogP contribution in [0.4, 0.5) is 16.2 Å². The minimum atomic E-state index is -0.602. The van der Waals surface area contributed by atoms with Gasteiger partial charge in [0.2, 0.25) is 0 Å². The minimum Gasteiger partial charge on any atom is -0.487 e. The van der Waals surface area contributed by atoms with Crippen molar-refractivity contribution in [2.24, 2.45) is 5.41 Å². The van der Waals surface area contributed by atoms with Gasteiger partial charge >= 0.3 is 6.09 Å². The molecule has 0 saturated heterocycles. The maximum Gasteiger partial charge on any atom is 0.414 e. The summed E-state index contributed by atoms with van der Waals surface area (Å²) in [6, 6.07) is 9.34. The van der Waals surface area contributed by atoms with E-state index in [4.69, 9.17) is 9.47 Å². The van der Waals surface area contributed by atoms with Crippen LogP contribution in [0.15, 0.2) is 36.5 Å². The van der Waals surface area contributed by atoms with Crippen molar-refractivity contribution in [1.82, 2.24) is 20.3 Å². The predicted octanol–water partition coefficient (Wildman–Crippen LogP) is 5.06. The monoisotopic (exact) mass is 520 g/mol. The second-order valence-corrected chi connectivity index (χ2v) is 11.7. The van der Waals surface area contributed by atoms with Gasteiger partial charge in [-0.1, -0.05) is 57.9 Å². The number of rotatable bonds is 5. The summed E-state index contributed by atoms with van der Waals surface area (Å²) in [5, 5.41) is 17.1. The molecule has 1 aliphatic heterocycles. The number of carbonyl (C=O) groups excluding carboxylic acids is 2. The van der Waals surface area contributed by atoms with Crippen LogP contribution in [0.1, 0.15) is 63.0 Å². The van der Waals surface area contributed by atoms with E-state index >= 15 is 0 Å². The van der Waals surface area contributed by atoms with Crippen molar-refractivity contribution in [3.63, 3.8) is 0 Å². The number of carbonyl (C=O) groups is 2. The average molecular weight is 521 g/mol. The second-order valence-electron chi connectivity index (χ2n) is 11.7. The molecule has 3 aromatic rings. The van der Waals surface area contributed by atoms with Crippen LogP contribution in [-0.2, 0) is 5.41 Å². The highest BCUT2D eigenvalue weighted by molar-refractivity contribution is 6.06. The van der Waals surface area contributed by atoms with Crippen LogP contribution in [0.25, 0.3) is 5.69 Å². The SMILES string of the molecule is Cc1ccc(C(=O)Nc2cc(C(C)(C)C)cc3c2OCCN3)cc1-n1cc(OC(=O)NCC(C)(C)C)nn1. The molecule has 0 spiro atoms. The molecule has 202 valence electrons. The van der Waals surface area contributed by atoms with Crippen molar-refractivity contribution >= 4 is 23.4 Å². The molecule has 2 amide bonds. The highest BCUT2D eigenvalue weighted by Gasteiger charge is 2.23. The van der Waals surface area contributed by atoms with Gasteiger partial charge in [-0.15, -0.1) is 0 Å². The Balaban J connectivity index is 1.55. The van der Waals surface area contributed by atoms with E-state index in [-0.39, 0.29) is 22.6 Å². The summed E-state index contributed by atoms with van der Waals surface area (Å²) >= 11 is 0. The van der Waals surface area contributed by atoms with Crippen LogP contribution >= 0.6 is 0 Å². The Hall–Kier alpha value is -4.08. The number of nitrogens with one attached hydrogen (secondary N) is 3. The lowest BCUT2D eigenvalue weighted by Gasteiger charge is -2.27. The summed E-state index contributed by atoms with van der Waals surface area (Å²) in [6.07, 6.45) is 0.901. The average Bonchev–Trinajstić information content (AvgIpc) is 3.30. The number of aromatic nitrogens is 3. The maximum atomic E-state index is 13.3. The maximum absolute atomic E-state index is 13.3. The van der Waals surface area contributed by atoms with Crippen molar-refractivity contribution < 1.29 is 19.1 Å². The highest BCUT2D eigenvalue weighted by Crippen LogP contribution is 2.40. The first kappa shape index (κ1) is 27.0. The zero-order valence-corrected chi connectivity index (χ0v) is 23.1. The van der Waals surface area contributed by atoms with Crippen LogP contribution < -0.4 is 25.4 Å². The largest absolute Gasteiger partial charge is 0.487 e. The molecule has 0 atom stereocenters. The summed E-state index contributed by atoms with van der Waals surface area (Å²) in [5.74, 6) is 0.403. The minimum absolute atomic E-state index is 0.0564. The number of ether oxygens (including phenoxy) is 2. The van der Waals surface area contributed by atoms with Gasteiger partial charge in [0.05, 0.1) is 23.3 Å². The molecule has 38 heavy (non-hydrogen) atoms. The van der Waals surface area contributed by atoms with Crippen molar-refractivity contribution in [3.8, 4) is 17.3 Å². The Morgan fingerprint density at radius 2 is 1.89 bits per heavy atom. The molecule has 0 saturated carbocycles. The van der Waals surface area contributed by atoms with Gasteiger partial charge in [0.1, 0.15) is 6.61 Å². The summed E-state index contributed by atoms with van der Waals surface area (Å²) in [7, 11) is 0. The number of amides is 2. The van der Waals surface area contributed by atoms with E-state index < -0.39 is 6.09 Å². The molecule has 0 bridgehead atoms. The van der Waals surface area contributed by atoms with Gasteiger partial charge in [-0.2, -0.15) is 0 Å². The lowest BCUT2D eigenvalue weighted by molar-refractivity contribution is 0.102. The van der Waals surface area contributed by atoms with Crippen molar-refractivity contribution in [1.29, 1.82) is 0 Å². The van der Waals surface area contributed by atoms with E-state index in [0.717, 1.165) is 16.8 Å². The topological polar surface area (TPSA) is 119 Å². The van der Waals surface area contributed by atoms with Crippen molar-refractivity contribution in [2.45, 2.75) is 53.9 Å². The number of hydrogen-bond acceptors (Lipinski definition) is 7. The van der Waals surface area contributed by atoms with Gasteiger partial charge in [-0.25, -0.2) is 9.48 Å². The Kier molecular flexibility index (Phi) is 7.35. The Morgan fingerprint density at radius 3 is 2.61 bits per heavy atom. The Morgan fingerprint density at radius 1 is 1.13 bits per heavy atom. The lowest BCUT2D eigenvalue weighted by Crippen LogP contribution is -2.34. The molecule has 4 rings (SSSR count). The second kappa shape index (κ2) is 10.4. The van der Waals surface area contributed by atoms with E-state index in [1.807, 2.05) is 39.8 Å². The van der Waals surface area contributed by atoms with Gasteiger partial charge < -0.3 is 25.4 Å². The molecule has 3 N–H and O–H groups in total. The fourth-order valence-corrected chi connectivity index (χ4v) is 3.85. The van der Waals surface area contributed by atoms with Crippen LogP contribution in [-0.4, -0.2) is 46.7 Å². The Labute approximate surface area is 223 Å². The van der Waals surface area contributed by atoms with Gasteiger partial charge in [-0.05, 0) is 53.1 Å². The van der Waals surface area contributed by atoms with E-state index in [2.05, 4.69) is 53.1 Å². The first-order valence-electron chi connectivity index (χ1n) is 12.7. The van der Waals surface area contributed by atoms with Crippen LogP contribution in [0.2, 0.25) is 0 Å². The summed E-state index contributed by atoms with van der Waals surface area (Å²) in [5.41, 5.74) is 4.32. The fourth-order valence-electron chi connectivity index (χ4n) is 3.85. The molecular formula is C28H36N6O4. The molecule has 1 aliphatic rings. The molecule has 2 heterocycles. The molecule has 10 nitrogen and oxygen atoms in total. The van der Waals surface area contributed by atoms with Crippen molar-refractivity contribution in [3.05, 3.63) is 53.2 Å². The molecule has 0 unspecified atom stereocenters. The number of fused-ring (bicyclic) bond motifs is 1. The normalized spacial score (nSPS) is 13.1. The third-order valence-electron chi connectivity index (χ3n) is 6.02. The van der Waals surface area contributed by atoms with Gasteiger partial charge in [0, 0.05) is 18.7 Å². The zero-order valence-electron chi connectivity index (χ0n) is 23.1. The highest BCUT2D eigenvalue weighted by atomic mass is 16.6. The summed E-state index contributed by atoms with van der Waals surface area (Å²) in [6.45, 7) is 16.0. The van der Waals surface area contributed by atoms with Crippen LogP contribution in [0.5, 0.6) is 11.6 Å². The first-order valence-corrected chi connectivity index (χ1v) is 12.7. The van der Waals surface area contributed by atoms with Crippen LogP contribution in [0.3, 0.4) is 0 Å². The molecule has 2 aromatic carbocycles. The van der Waals surface area contributed by atoms with Gasteiger partial charge in [-0.3, -0.25) is 4.79 Å². The third-order valence-corrected chi connectivity index (χ3v) is 6.02. The Bertz CT molecular complexity index is 1350. The number of benzene rings is 2. The zero-order chi connectivity index (χ0) is 27.7. The predicted molar refractivity (Wildman–Crippen MR) is 147 cm³/mol. The standard InChI is InChI=1S/C28H36N6O4/c1-17-8-9-18(12-22(17)34-15-23(32-33-34)38-26(36)30-16-27(2,3)4)25(35)31-21-14-19(28(5,6)7)13-20-24(21)37-11-10-29-20/h8-9,12-15,29H,10-11,16H2,1-7H3,(H,30,36)(H,31,35). The molecule has 1 aromatic heterocycles. The van der Waals surface area contributed by atoms with E-state index in [1.54, 1.807) is 12.1 Å². The lowest BCUT2D eigenvalue weighted by atomic mass is 9.86. The first-order chi connectivity index (χ1) is 17.8. The van der Waals surface area contributed by atoms with Crippen LogP contribution in [0, 0.1) is 12.3 Å². The van der Waals surface area contributed by atoms with Crippen molar-refractivity contribution in [2.75, 3.05) is 30.3 Å². The molecular weight excluding hydrogens is 484 g/mol. The molecule has 10 heteroatoms. The number of aryl methyl sites for hydroxylation is 1. The fraction of sp³-hybridized carbons (Fsp3) is 0.429. The van der Waals surface area contributed by atoms with E-state index in [9.17, 15) is 9.59 Å². The third kappa shape index (κ3) is 6.42. The smallest absolute Gasteiger partial charge is 0.414 e. The summed E-state index contributed by atoms with van der Waals surface area (Å²) < 4.78 is 12.6. The molecule has 0 fully saturated rings. The van der Waals surface area contributed by atoms with Gasteiger partial charge in [0.15, 0.2) is 5.75 Å².